The molecule has 2 aromatic heterocycles. The quantitative estimate of drug-likeness (QED) is 0.773. The predicted octanol–water partition coefficient (Wildman–Crippen LogP) is 3.54. The molecule has 0 bridgehead atoms. The van der Waals surface area contributed by atoms with E-state index in [0.717, 1.165) is 54.2 Å². The van der Waals surface area contributed by atoms with E-state index in [1.54, 1.807) is 17.7 Å². The Morgan fingerprint density at radius 1 is 1.27 bits per heavy atom. The lowest BCUT2D eigenvalue weighted by Gasteiger charge is -2.52. The number of thiazole rings is 1. The van der Waals surface area contributed by atoms with Crippen LogP contribution in [0.15, 0.2) is 42.0 Å². The highest BCUT2D eigenvalue weighted by molar-refractivity contribution is 7.13. The van der Waals surface area contributed by atoms with Gasteiger partial charge in [0.2, 0.25) is 5.91 Å². The molecule has 0 unspecified atom stereocenters. The molecule has 6 heteroatoms. The van der Waals surface area contributed by atoms with Crippen LogP contribution in [-0.4, -0.2) is 32.3 Å². The van der Waals surface area contributed by atoms with Gasteiger partial charge in [-0.1, -0.05) is 30.3 Å². The van der Waals surface area contributed by atoms with Crippen molar-refractivity contribution in [1.29, 1.82) is 0 Å². The van der Waals surface area contributed by atoms with E-state index in [0.29, 0.717) is 6.42 Å². The Kier molecular flexibility index (Phi) is 3.67. The topological polar surface area (TPSA) is 61.9 Å². The van der Waals surface area contributed by atoms with Crippen LogP contribution in [-0.2, 0) is 23.2 Å². The number of benzene rings is 1. The fraction of sp³-hybridized carbons (Fsp3) is 0.350. The number of carbonyl (C=O) groups is 1. The summed E-state index contributed by atoms with van der Waals surface area (Å²) in [6.45, 7) is 0.768. The summed E-state index contributed by atoms with van der Waals surface area (Å²) in [6.07, 6.45) is 6.18. The Bertz CT molecular complexity index is 942. The monoisotopic (exact) mass is 364 g/mol. The molecule has 1 fully saturated rings. The Labute approximate surface area is 156 Å². The molecule has 1 spiro atoms. The van der Waals surface area contributed by atoms with Gasteiger partial charge in [-0.15, -0.1) is 11.3 Å². The summed E-state index contributed by atoms with van der Waals surface area (Å²) in [6, 6.07) is 10.1. The normalized spacial score (nSPS) is 17.8. The van der Waals surface area contributed by atoms with Gasteiger partial charge in [0.05, 0.1) is 29.7 Å². The molecular formula is C20H20N4OS. The number of H-pyrrole nitrogens is 1. The molecule has 0 saturated heterocycles. The van der Waals surface area contributed by atoms with Crippen molar-refractivity contribution < 1.29 is 4.79 Å². The van der Waals surface area contributed by atoms with E-state index >= 15 is 0 Å². The zero-order chi connectivity index (χ0) is 17.6. The first-order chi connectivity index (χ1) is 12.8. The second-order valence-corrected chi connectivity index (χ2v) is 7.96. The predicted molar refractivity (Wildman–Crippen MR) is 101 cm³/mol. The first-order valence-corrected chi connectivity index (χ1v) is 9.97. The molecule has 26 heavy (non-hydrogen) atoms. The summed E-state index contributed by atoms with van der Waals surface area (Å²) < 4.78 is 0. The smallest absolute Gasteiger partial charge is 0.229 e. The number of nitrogens with one attached hydrogen (secondary N) is 1. The highest BCUT2D eigenvalue weighted by Gasteiger charge is 2.50. The minimum absolute atomic E-state index is 0.170. The van der Waals surface area contributed by atoms with E-state index in [4.69, 9.17) is 4.98 Å². The van der Waals surface area contributed by atoms with E-state index in [1.807, 2.05) is 23.6 Å². The number of rotatable bonds is 3. The molecule has 5 rings (SSSR count). The summed E-state index contributed by atoms with van der Waals surface area (Å²) >= 11 is 1.60. The van der Waals surface area contributed by atoms with Gasteiger partial charge < -0.3 is 9.88 Å². The number of fused-ring (bicyclic) bond motifs is 2. The van der Waals surface area contributed by atoms with E-state index in [2.05, 4.69) is 27.0 Å². The molecule has 1 aliphatic heterocycles. The third kappa shape index (κ3) is 2.40. The molecule has 0 atom stereocenters. The Morgan fingerprint density at radius 3 is 2.88 bits per heavy atom. The largest absolute Gasteiger partial charge is 0.348 e. The van der Waals surface area contributed by atoms with Gasteiger partial charge >= 0.3 is 0 Å². The molecule has 1 aromatic carbocycles. The van der Waals surface area contributed by atoms with Crippen LogP contribution in [0.25, 0.3) is 10.6 Å². The molecule has 3 heterocycles. The van der Waals surface area contributed by atoms with Crippen molar-refractivity contribution in [2.24, 2.45) is 0 Å². The summed E-state index contributed by atoms with van der Waals surface area (Å²) in [5.74, 6) is 0.170. The van der Waals surface area contributed by atoms with Crippen LogP contribution in [0.5, 0.6) is 0 Å². The fourth-order valence-corrected chi connectivity index (χ4v) is 5.04. The van der Waals surface area contributed by atoms with E-state index < -0.39 is 0 Å². The number of imidazole rings is 1. The van der Waals surface area contributed by atoms with Gasteiger partial charge in [-0.25, -0.2) is 9.97 Å². The van der Waals surface area contributed by atoms with Crippen molar-refractivity contribution in [3.05, 3.63) is 59.1 Å². The molecule has 132 valence electrons. The third-order valence-electron chi connectivity index (χ3n) is 5.65. The third-order valence-corrected chi connectivity index (χ3v) is 6.59. The number of carbonyl (C=O) groups excluding carboxylic acids is 1. The van der Waals surface area contributed by atoms with Crippen molar-refractivity contribution in [1.82, 2.24) is 19.9 Å². The lowest BCUT2D eigenvalue weighted by atomic mass is 9.70. The lowest BCUT2D eigenvalue weighted by Crippen LogP contribution is -2.57. The minimum Gasteiger partial charge on any atom is -0.348 e. The molecule has 1 aliphatic carbocycles. The maximum absolute atomic E-state index is 13.1. The van der Waals surface area contributed by atoms with Crippen LogP contribution >= 0.6 is 11.3 Å². The number of nitrogens with zero attached hydrogens (tertiary/aromatic N) is 3. The highest BCUT2D eigenvalue weighted by atomic mass is 32.1. The molecule has 2 aliphatic rings. The summed E-state index contributed by atoms with van der Waals surface area (Å²) in [4.78, 5) is 27.7. The minimum atomic E-state index is -0.178. The Morgan fingerprint density at radius 2 is 2.12 bits per heavy atom. The number of aromatic amines is 1. The van der Waals surface area contributed by atoms with Crippen molar-refractivity contribution in [2.45, 2.75) is 37.6 Å². The van der Waals surface area contributed by atoms with Gasteiger partial charge in [0.25, 0.3) is 0 Å². The van der Waals surface area contributed by atoms with E-state index in [9.17, 15) is 4.79 Å². The second kappa shape index (κ2) is 6.06. The fourth-order valence-electron chi connectivity index (χ4n) is 4.21. The van der Waals surface area contributed by atoms with Crippen molar-refractivity contribution in [3.63, 3.8) is 0 Å². The number of amides is 1. The second-order valence-electron chi connectivity index (χ2n) is 7.10. The van der Waals surface area contributed by atoms with Crippen LogP contribution in [0.1, 0.15) is 36.3 Å². The molecule has 1 amide bonds. The zero-order valence-electron chi connectivity index (χ0n) is 14.4. The first-order valence-electron chi connectivity index (χ1n) is 9.09. The van der Waals surface area contributed by atoms with Crippen LogP contribution in [0.4, 0.5) is 0 Å². The maximum Gasteiger partial charge on any atom is 0.229 e. The van der Waals surface area contributed by atoms with Gasteiger partial charge in [-0.2, -0.15) is 0 Å². The molecule has 3 aromatic rings. The van der Waals surface area contributed by atoms with Crippen LogP contribution in [0, 0.1) is 0 Å². The van der Waals surface area contributed by atoms with Crippen molar-refractivity contribution in [3.8, 4) is 10.6 Å². The Balaban J connectivity index is 1.37. The number of aromatic nitrogens is 3. The maximum atomic E-state index is 13.1. The molecule has 1 saturated carbocycles. The van der Waals surface area contributed by atoms with Gasteiger partial charge in [-0.05, 0) is 19.3 Å². The first kappa shape index (κ1) is 15.8. The molecule has 5 nitrogen and oxygen atoms in total. The van der Waals surface area contributed by atoms with Crippen LogP contribution in [0.3, 0.4) is 0 Å². The highest BCUT2D eigenvalue weighted by Crippen LogP contribution is 2.49. The SMILES string of the molecule is O=C(Cc1csc(-c2ccccc2)n1)N1CCc2[nH]cnc2C12CCC2. The lowest BCUT2D eigenvalue weighted by molar-refractivity contribution is -0.143. The van der Waals surface area contributed by atoms with E-state index in [1.165, 1.54) is 5.69 Å². The van der Waals surface area contributed by atoms with Gasteiger partial charge in [0, 0.05) is 29.6 Å². The summed E-state index contributed by atoms with van der Waals surface area (Å²) in [7, 11) is 0. The molecule has 0 radical (unpaired) electrons. The Hall–Kier alpha value is -2.47. The van der Waals surface area contributed by atoms with E-state index in [-0.39, 0.29) is 11.4 Å². The van der Waals surface area contributed by atoms with Gasteiger partial charge in [-0.3, -0.25) is 4.79 Å². The van der Waals surface area contributed by atoms with Crippen molar-refractivity contribution >= 4 is 17.2 Å². The number of hydrogen-bond acceptors (Lipinski definition) is 4. The molecular weight excluding hydrogens is 344 g/mol. The van der Waals surface area contributed by atoms with Crippen LogP contribution < -0.4 is 0 Å². The summed E-state index contributed by atoms with van der Waals surface area (Å²) in [5, 5.41) is 2.98. The van der Waals surface area contributed by atoms with Crippen molar-refractivity contribution in [2.75, 3.05) is 6.54 Å². The molecule has 1 N–H and O–H groups in total. The van der Waals surface area contributed by atoms with Crippen LogP contribution in [0.2, 0.25) is 0 Å². The average molecular weight is 364 g/mol. The average Bonchev–Trinajstić information content (AvgIpc) is 3.29. The standard InChI is InChI=1S/C20H20N4OS/c25-17(11-15-12-26-19(23-15)14-5-2-1-3-6-14)24-10-7-16-18(22-13-21-16)20(24)8-4-9-20/h1-3,5-6,12-13H,4,7-11H2,(H,21,22). The zero-order valence-corrected chi connectivity index (χ0v) is 15.3. The van der Waals surface area contributed by atoms with Gasteiger partial charge in [0.15, 0.2) is 0 Å². The number of hydrogen-bond donors (Lipinski definition) is 1. The summed E-state index contributed by atoms with van der Waals surface area (Å²) in [5.41, 5.74) is 4.08. The van der Waals surface area contributed by atoms with Gasteiger partial charge in [0.1, 0.15) is 5.01 Å².